The van der Waals surface area contributed by atoms with E-state index >= 15 is 0 Å². The second-order valence-electron chi connectivity index (χ2n) is 6.66. The number of hydrogen-bond acceptors (Lipinski definition) is 4. The molecule has 0 heterocycles. The standard InChI is InChI=1S/C13H22N2O3/c1-9(16)8-15(14-17)18-13-5-10-2-11(6-13)4-12(3-10)7-13/h9-12,16H,2-8H2,1H3. The Morgan fingerprint density at radius 1 is 1.28 bits per heavy atom. The lowest BCUT2D eigenvalue weighted by molar-refractivity contribution is -0.297. The minimum Gasteiger partial charge on any atom is -0.391 e. The van der Waals surface area contributed by atoms with Gasteiger partial charge in [0.25, 0.3) is 0 Å². The predicted octanol–water partition coefficient (Wildman–Crippen LogP) is 2.25. The third-order valence-corrected chi connectivity index (χ3v) is 4.79. The molecule has 0 radical (unpaired) electrons. The first-order valence-corrected chi connectivity index (χ1v) is 7.06. The highest BCUT2D eigenvalue weighted by molar-refractivity contribution is 5.02. The highest BCUT2D eigenvalue weighted by Crippen LogP contribution is 2.57. The Labute approximate surface area is 107 Å². The van der Waals surface area contributed by atoms with Crippen LogP contribution in [0.4, 0.5) is 0 Å². The maximum Gasteiger partial charge on any atom is 0.0990 e. The van der Waals surface area contributed by atoms with Gasteiger partial charge in [0.05, 0.1) is 23.5 Å². The molecule has 0 aromatic rings. The van der Waals surface area contributed by atoms with Crippen molar-refractivity contribution >= 4 is 0 Å². The van der Waals surface area contributed by atoms with E-state index in [1.54, 1.807) is 6.92 Å². The molecule has 4 aliphatic carbocycles. The van der Waals surface area contributed by atoms with Gasteiger partial charge in [-0.15, -0.1) is 10.1 Å². The van der Waals surface area contributed by atoms with Gasteiger partial charge in [-0.3, -0.25) is 0 Å². The quantitative estimate of drug-likeness (QED) is 0.604. The summed E-state index contributed by atoms with van der Waals surface area (Å²) in [5.41, 5.74) is -0.169. The normalized spacial score (nSPS) is 42.9. The first kappa shape index (κ1) is 12.4. The second kappa shape index (κ2) is 4.46. The molecule has 0 aliphatic heterocycles. The van der Waals surface area contributed by atoms with Gasteiger partial charge in [-0.1, -0.05) is 0 Å². The molecule has 0 amide bonds. The summed E-state index contributed by atoms with van der Waals surface area (Å²) >= 11 is 0. The first-order chi connectivity index (χ1) is 8.58. The summed E-state index contributed by atoms with van der Waals surface area (Å²) in [6.07, 6.45) is 6.60. The number of hydroxylamine groups is 1. The van der Waals surface area contributed by atoms with Crippen LogP contribution in [0.2, 0.25) is 0 Å². The van der Waals surface area contributed by atoms with Gasteiger partial charge in [0.15, 0.2) is 0 Å². The minimum absolute atomic E-state index is 0.158. The van der Waals surface area contributed by atoms with Gasteiger partial charge in [0, 0.05) is 0 Å². The lowest BCUT2D eigenvalue weighted by Crippen LogP contribution is -2.54. The molecule has 5 heteroatoms. The number of aliphatic hydroxyl groups excluding tert-OH is 1. The van der Waals surface area contributed by atoms with E-state index in [0.717, 1.165) is 42.2 Å². The zero-order valence-corrected chi connectivity index (χ0v) is 10.9. The summed E-state index contributed by atoms with van der Waals surface area (Å²) in [6.45, 7) is 1.80. The van der Waals surface area contributed by atoms with Crippen LogP contribution < -0.4 is 0 Å². The van der Waals surface area contributed by atoms with E-state index in [1.165, 1.54) is 19.3 Å². The van der Waals surface area contributed by atoms with Crippen LogP contribution in [0.25, 0.3) is 0 Å². The fourth-order valence-electron chi connectivity index (χ4n) is 4.68. The maximum atomic E-state index is 10.8. The molecular formula is C13H22N2O3. The lowest BCUT2D eigenvalue weighted by atomic mass is 9.54. The molecule has 0 aromatic heterocycles. The van der Waals surface area contributed by atoms with Crippen LogP contribution in [0.15, 0.2) is 5.29 Å². The van der Waals surface area contributed by atoms with Crippen LogP contribution in [-0.4, -0.2) is 28.5 Å². The number of rotatable bonds is 5. The molecule has 102 valence electrons. The van der Waals surface area contributed by atoms with E-state index in [-0.39, 0.29) is 12.1 Å². The highest BCUT2D eigenvalue weighted by atomic mass is 16.7. The molecule has 4 aliphatic rings. The number of hydrogen-bond donors (Lipinski definition) is 1. The lowest BCUT2D eigenvalue weighted by Gasteiger charge is -2.56. The summed E-state index contributed by atoms with van der Waals surface area (Å²) in [6, 6.07) is 0. The average Bonchev–Trinajstić information content (AvgIpc) is 2.25. The maximum absolute atomic E-state index is 10.8. The molecular weight excluding hydrogens is 232 g/mol. The number of nitrogens with zero attached hydrogens (tertiary/aromatic N) is 2. The van der Waals surface area contributed by atoms with Gasteiger partial charge in [-0.2, -0.15) is 0 Å². The molecule has 4 fully saturated rings. The Bertz CT molecular complexity index is 297. The molecule has 0 spiro atoms. The first-order valence-electron chi connectivity index (χ1n) is 7.06. The topological polar surface area (TPSA) is 62.1 Å². The molecule has 1 N–H and O–H groups in total. The van der Waals surface area contributed by atoms with E-state index in [1.807, 2.05) is 0 Å². The third-order valence-electron chi connectivity index (χ3n) is 4.79. The molecule has 4 rings (SSSR count). The largest absolute Gasteiger partial charge is 0.391 e. The van der Waals surface area contributed by atoms with Gasteiger partial charge in [-0.25, -0.2) is 4.84 Å². The van der Waals surface area contributed by atoms with Crippen molar-refractivity contribution in [1.29, 1.82) is 0 Å². The fraction of sp³-hybridized carbons (Fsp3) is 1.00. The smallest absolute Gasteiger partial charge is 0.0990 e. The van der Waals surface area contributed by atoms with Crippen LogP contribution in [0.3, 0.4) is 0 Å². The fourth-order valence-corrected chi connectivity index (χ4v) is 4.68. The van der Waals surface area contributed by atoms with Gasteiger partial charge >= 0.3 is 0 Å². The van der Waals surface area contributed by atoms with Crippen LogP contribution >= 0.6 is 0 Å². The summed E-state index contributed by atoms with van der Waals surface area (Å²) in [7, 11) is 0. The minimum atomic E-state index is -0.600. The van der Waals surface area contributed by atoms with Gasteiger partial charge in [0.2, 0.25) is 0 Å². The van der Waals surface area contributed by atoms with Gasteiger partial charge in [0.1, 0.15) is 0 Å². The molecule has 18 heavy (non-hydrogen) atoms. The summed E-state index contributed by atoms with van der Waals surface area (Å²) in [5.74, 6) is 2.32. The van der Waals surface area contributed by atoms with Crippen LogP contribution in [-0.2, 0) is 4.84 Å². The SMILES string of the molecule is CC(O)CN(N=O)OC12CC3CC(CC(C3)C1)C2. The zero-order chi connectivity index (χ0) is 12.8. The van der Waals surface area contributed by atoms with Crippen molar-refractivity contribution in [1.82, 2.24) is 5.17 Å². The number of nitroso groups, excluding NO2 is 1. The molecule has 5 nitrogen and oxygen atoms in total. The summed E-state index contributed by atoms with van der Waals surface area (Å²) in [5, 5.41) is 13.3. The van der Waals surface area contributed by atoms with Crippen molar-refractivity contribution in [3.05, 3.63) is 4.91 Å². The highest BCUT2D eigenvalue weighted by Gasteiger charge is 2.53. The Morgan fingerprint density at radius 2 is 1.78 bits per heavy atom. The molecule has 4 bridgehead atoms. The molecule has 0 saturated heterocycles. The summed E-state index contributed by atoms with van der Waals surface area (Å²) in [4.78, 5) is 16.7. The van der Waals surface area contributed by atoms with Crippen molar-refractivity contribution in [3.8, 4) is 0 Å². The van der Waals surface area contributed by atoms with Crippen molar-refractivity contribution in [2.24, 2.45) is 23.0 Å². The van der Waals surface area contributed by atoms with E-state index in [2.05, 4.69) is 5.29 Å². The van der Waals surface area contributed by atoms with Gasteiger partial charge < -0.3 is 5.11 Å². The Balaban J connectivity index is 1.69. The zero-order valence-electron chi connectivity index (χ0n) is 10.9. The van der Waals surface area contributed by atoms with Crippen molar-refractivity contribution in [2.45, 2.75) is 57.2 Å². The van der Waals surface area contributed by atoms with Crippen LogP contribution in [0.5, 0.6) is 0 Å². The number of aliphatic hydroxyl groups is 1. The molecule has 0 aromatic carbocycles. The Morgan fingerprint density at radius 3 is 2.17 bits per heavy atom. The summed E-state index contributed by atoms with van der Waals surface area (Å²) < 4.78 is 0. The molecule has 1 unspecified atom stereocenters. The predicted molar refractivity (Wildman–Crippen MR) is 66.2 cm³/mol. The van der Waals surface area contributed by atoms with E-state index in [4.69, 9.17) is 4.84 Å². The van der Waals surface area contributed by atoms with Crippen LogP contribution in [0.1, 0.15) is 45.4 Å². The van der Waals surface area contributed by atoms with Crippen LogP contribution in [0, 0.1) is 22.7 Å². The van der Waals surface area contributed by atoms with Crippen molar-refractivity contribution in [3.63, 3.8) is 0 Å². The third kappa shape index (κ3) is 2.26. The Hall–Kier alpha value is -0.680. The van der Waals surface area contributed by atoms with E-state index < -0.39 is 6.10 Å². The Kier molecular flexibility index (Phi) is 3.06. The van der Waals surface area contributed by atoms with E-state index in [0.29, 0.717) is 0 Å². The monoisotopic (exact) mass is 254 g/mol. The van der Waals surface area contributed by atoms with Gasteiger partial charge in [-0.05, 0) is 63.2 Å². The van der Waals surface area contributed by atoms with Crippen molar-refractivity contribution in [2.75, 3.05) is 6.54 Å². The van der Waals surface area contributed by atoms with Crippen molar-refractivity contribution < 1.29 is 9.94 Å². The second-order valence-corrected chi connectivity index (χ2v) is 6.66. The average molecular weight is 254 g/mol. The molecule has 1 atom stereocenters. The molecule has 4 saturated carbocycles. The van der Waals surface area contributed by atoms with E-state index in [9.17, 15) is 10.0 Å².